The van der Waals surface area contributed by atoms with Crippen LogP contribution in [-0.4, -0.2) is 61.6 Å². The van der Waals surface area contributed by atoms with E-state index >= 15 is 0 Å². The Morgan fingerprint density at radius 3 is 2.77 bits per heavy atom. The van der Waals surface area contributed by atoms with Crippen molar-refractivity contribution in [3.8, 4) is 5.69 Å². The molecule has 0 amide bonds. The van der Waals surface area contributed by atoms with Gasteiger partial charge >= 0.3 is 0 Å². The van der Waals surface area contributed by atoms with E-state index in [1.54, 1.807) is 24.4 Å². The van der Waals surface area contributed by atoms with Gasteiger partial charge < -0.3 is 9.64 Å². The molecule has 136 valence electrons. The fourth-order valence-electron chi connectivity index (χ4n) is 2.93. The van der Waals surface area contributed by atoms with E-state index in [4.69, 9.17) is 4.74 Å². The minimum atomic E-state index is 0.718. The molecule has 3 aromatic rings. The summed E-state index contributed by atoms with van der Waals surface area (Å²) in [5.74, 6) is 1.72. The Labute approximate surface area is 156 Å². The highest BCUT2D eigenvalue weighted by Crippen LogP contribution is 2.28. The van der Waals surface area contributed by atoms with E-state index in [9.17, 15) is 0 Å². The number of ether oxygens (including phenoxy) is 1. The Hall–Kier alpha value is -2.39. The van der Waals surface area contributed by atoms with Gasteiger partial charge in [-0.1, -0.05) is 30.0 Å². The molecule has 8 nitrogen and oxygen atoms in total. The first-order chi connectivity index (χ1) is 12.8. The molecule has 0 bridgehead atoms. The van der Waals surface area contributed by atoms with Crippen molar-refractivity contribution >= 4 is 17.7 Å². The quantitative estimate of drug-likeness (QED) is 0.612. The van der Waals surface area contributed by atoms with Crippen LogP contribution in [0.15, 0.2) is 42.1 Å². The summed E-state index contributed by atoms with van der Waals surface area (Å²) in [6.45, 7) is 5.98. The van der Waals surface area contributed by atoms with Crippen LogP contribution in [-0.2, 0) is 11.3 Å². The molecule has 3 heterocycles. The average molecular weight is 371 g/mol. The summed E-state index contributed by atoms with van der Waals surface area (Å²) in [5.41, 5.74) is 2.31. The molecule has 0 aliphatic carbocycles. The van der Waals surface area contributed by atoms with Gasteiger partial charge in [-0.05, 0) is 18.6 Å². The second-order valence-electron chi connectivity index (χ2n) is 6.01. The highest BCUT2D eigenvalue weighted by atomic mass is 32.2. The standard InChI is InChI=1S/C17H21N7OS/c1-14-4-2-3-5-15(14)24-16(22-6-9-25-10-7-22)20-21-17(24)26-11-8-23-13-18-12-19-23/h2-5,12-13H,6-11H2,1H3. The Bertz CT molecular complexity index is 843. The molecule has 0 spiro atoms. The van der Waals surface area contributed by atoms with E-state index in [1.165, 1.54) is 5.56 Å². The largest absolute Gasteiger partial charge is 0.378 e. The monoisotopic (exact) mass is 371 g/mol. The molecule has 1 saturated heterocycles. The number of aryl methyl sites for hydroxylation is 2. The van der Waals surface area contributed by atoms with Crippen LogP contribution >= 0.6 is 11.8 Å². The molecule has 0 saturated carbocycles. The van der Waals surface area contributed by atoms with Gasteiger partial charge in [0.25, 0.3) is 0 Å². The minimum Gasteiger partial charge on any atom is -0.378 e. The highest BCUT2D eigenvalue weighted by molar-refractivity contribution is 7.99. The van der Waals surface area contributed by atoms with E-state index in [0.29, 0.717) is 0 Å². The predicted molar refractivity (Wildman–Crippen MR) is 99.9 cm³/mol. The summed E-state index contributed by atoms with van der Waals surface area (Å²) in [6.07, 6.45) is 3.28. The zero-order chi connectivity index (χ0) is 17.8. The van der Waals surface area contributed by atoms with E-state index in [1.807, 2.05) is 4.68 Å². The van der Waals surface area contributed by atoms with Crippen molar-refractivity contribution in [2.24, 2.45) is 0 Å². The maximum atomic E-state index is 5.48. The number of nitrogens with zero attached hydrogens (tertiary/aromatic N) is 7. The summed E-state index contributed by atoms with van der Waals surface area (Å²) in [7, 11) is 0. The average Bonchev–Trinajstić information content (AvgIpc) is 3.33. The lowest BCUT2D eigenvalue weighted by atomic mass is 10.2. The van der Waals surface area contributed by atoms with Gasteiger partial charge in [-0.2, -0.15) is 5.10 Å². The third-order valence-electron chi connectivity index (χ3n) is 4.28. The summed E-state index contributed by atoms with van der Waals surface area (Å²) in [5, 5.41) is 14.0. The number of thioether (sulfide) groups is 1. The Kier molecular flexibility index (Phi) is 5.16. The zero-order valence-electron chi connectivity index (χ0n) is 14.7. The fraction of sp³-hybridized carbons (Fsp3) is 0.412. The van der Waals surface area contributed by atoms with Crippen LogP contribution in [0.4, 0.5) is 5.95 Å². The van der Waals surface area contributed by atoms with Crippen LogP contribution in [0.2, 0.25) is 0 Å². The van der Waals surface area contributed by atoms with E-state index in [2.05, 4.69) is 60.9 Å². The van der Waals surface area contributed by atoms with Gasteiger partial charge in [0.1, 0.15) is 12.7 Å². The van der Waals surface area contributed by atoms with Crippen molar-refractivity contribution in [2.75, 3.05) is 37.0 Å². The highest BCUT2D eigenvalue weighted by Gasteiger charge is 2.22. The number of anilines is 1. The van der Waals surface area contributed by atoms with Gasteiger partial charge in [-0.3, -0.25) is 9.25 Å². The molecule has 2 aromatic heterocycles. The SMILES string of the molecule is Cc1ccccc1-n1c(SCCn2cncn2)nnc1N1CCOCC1. The number of hydrogen-bond acceptors (Lipinski definition) is 7. The molecular formula is C17H21N7OS. The first-order valence-corrected chi connectivity index (χ1v) is 9.61. The van der Waals surface area contributed by atoms with E-state index in [-0.39, 0.29) is 0 Å². The number of hydrogen-bond donors (Lipinski definition) is 0. The van der Waals surface area contributed by atoms with Gasteiger partial charge in [0.15, 0.2) is 5.16 Å². The van der Waals surface area contributed by atoms with Crippen LogP contribution in [0.3, 0.4) is 0 Å². The maximum absolute atomic E-state index is 5.48. The predicted octanol–water partition coefficient (Wildman–Crippen LogP) is 1.80. The molecule has 0 N–H and O–H groups in total. The summed E-state index contributed by atoms with van der Waals surface area (Å²) >= 11 is 1.68. The molecule has 26 heavy (non-hydrogen) atoms. The maximum Gasteiger partial charge on any atom is 0.232 e. The van der Waals surface area contributed by atoms with E-state index in [0.717, 1.165) is 55.4 Å². The molecule has 1 aliphatic rings. The number of para-hydroxylation sites is 1. The first kappa shape index (κ1) is 17.0. The minimum absolute atomic E-state index is 0.718. The van der Waals surface area contributed by atoms with Crippen molar-refractivity contribution in [3.05, 3.63) is 42.5 Å². The van der Waals surface area contributed by atoms with Crippen molar-refractivity contribution in [1.82, 2.24) is 29.5 Å². The summed E-state index contributed by atoms with van der Waals surface area (Å²) in [6, 6.07) is 8.33. The lowest BCUT2D eigenvalue weighted by Gasteiger charge is -2.28. The Morgan fingerprint density at radius 2 is 2.00 bits per heavy atom. The van der Waals surface area contributed by atoms with Crippen molar-refractivity contribution < 1.29 is 4.74 Å². The van der Waals surface area contributed by atoms with Gasteiger partial charge in [-0.25, -0.2) is 4.98 Å². The molecule has 1 aromatic carbocycles. The van der Waals surface area contributed by atoms with Crippen molar-refractivity contribution in [1.29, 1.82) is 0 Å². The van der Waals surface area contributed by atoms with Gasteiger partial charge in [0.2, 0.25) is 5.95 Å². The normalized spacial score (nSPS) is 14.7. The smallest absolute Gasteiger partial charge is 0.232 e. The molecule has 0 atom stereocenters. The van der Waals surface area contributed by atoms with Gasteiger partial charge in [-0.15, -0.1) is 10.2 Å². The van der Waals surface area contributed by atoms with Crippen LogP contribution in [0.25, 0.3) is 5.69 Å². The molecule has 0 radical (unpaired) electrons. The van der Waals surface area contributed by atoms with Crippen molar-refractivity contribution in [2.45, 2.75) is 18.6 Å². The molecular weight excluding hydrogens is 350 g/mol. The first-order valence-electron chi connectivity index (χ1n) is 8.62. The molecule has 1 fully saturated rings. The number of rotatable bonds is 6. The van der Waals surface area contributed by atoms with Crippen molar-refractivity contribution in [3.63, 3.8) is 0 Å². The fourth-order valence-corrected chi connectivity index (χ4v) is 3.80. The van der Waals surface area contributed by atoms with Crippen LogP contribution in [0.5, 0.6) is 0 Å². The topological polar surface area (TPSA) is 73.9 Å². The molecule has 9 heteroatoms. The number of morpholine rings is 1. The third-order valence-corrected chi connectivity index (χ3v) is 5.19. The molecule has 1 aliphatic heterocycles. The van der Waals surface area contributed by atoms with Crippen LogP contribution in [0.1, 0.15) is 5.56 Å². The van der Waals surface area contributed by atoms with Crippen LogP contribution < -0.4 is 4.90 Å². The molecule has 4 rings (SSSR count). The van der Waals surface area contributed by atoms with E-state index < -0.39 is 0 Å². The number of benzene rings is 1. The number of aromatic nitrogens is 6. The summed E-state index contributed by atoms with van der Waals surface area (Å²) in [4.78, 5) is 6.22. The zero-order valence-corrected chi connectivity index (χ0v) is 15.5. The Balaban J connectivity index is 1.62. The second kappa shape index (κ2) is 7.88. The van der Waals surface area contributed by atoms with Gasteiger partial charge in [0, 0.05) is 18.8 Å². The Morgan fingerprint density at radius 1 is 1.15 bits per heavy atom. The molecule has 0 unspecified atom stereocenters. The lowest BCUT2D eigenvalue weighted by molar-refractivity contribution is 0.122. The van der Waals surface area contributed by atoms with Crippen LogP contribution in [0, 0.1) is 6.92 Å². The lowest BCUT2D eigenvalue weighted by Crippen LogP contribution is -2.38. The summed E-state index contributed by atoms with van der Waals surface area (Å²) < 4.78 is 9.47. The third kappa shape index (κ3) is 3.58. The second-order valence-corrected chi connectivity index (χ2v) is 7.07. The van der Waals surface area contributed by atoms with Gasteiger partial charge in [0.05, 0.1) is 25.4 Å².